The molecule has 1 fully saturated rings. The number of carbonyl (C=O) groups is 1. The van der Waals surface area contributed by atoms with Gasteiger partial charge in [-0.2, -0.15) is 4.98 Å². The van der Waals surface area contributed by atoms with Gasteiger partial charge in [-0.1, -0.05) is 0 Å². The van der Waals surface area contributed by atoms with Crippen LogP contribution in [-0.2, 0) is 4.74 Å². The third-order valence-electron chi connectivity index (χ3n) is 5.08. The summed E-state index contributed by atoms with van der Waals surface area (Å²) in [6, 6.07) is 5.49. The van der Waals surface area contributed by atoms with E-state index in [-0.39, 0.29) is 6.04 Å². The van der Waals surface area contributed by atoms with E-state index in [2.05, 4.69) is 30.6 Å². The van der Waals surface area contributed by atoms with Crippen molar-refractivity contribution < 1.29 is 19.0 Å². The van der Waals surface area contributed by atoms with Crippen LogP contribution >= 0.6 is 0 Å². The Morgan fingerprint density at radius 1 is 1.21 bits per heavy atom. The second-order valence-electron chi connectivity index (χ2n) is 8.72. The fourth-order valence-corrected chi connectivity index (χ4v) is 3.65. The first kappa shape index (κ1) is 22.4. The molecule has 3 aromatic rings. The standard InChI is InChI=1S/C22H29N7O4/c1-22(2,3)33-21(30)24-14-8-10-28(13-14)18-12-15(19-23-9-11-29(19)27-18)25-17-7-6-16(31-4)20(26-17)32-5/h6-7,9,11-12,14H,8,10,13H2,1-5H3,(H,24,30)(H,25,26). The van der Waals surface area contributed by atoms with Crippen molar-refractivity contribution >= 4 is 29.1 Å². The summed E-state index contributed by atoms with van der Waals surface area (Å²) in [5.41, 5.74) is 0.876. The molecule has 1 amide bonds. The number of aromatic nitrogens is 4. The van der Waals surface area contributed by atoms with E-state index in [0.717, 1.165) is 24.5 Å². The number of nitrogens with one attached hydrogen (secondary N) is 2. The van der Waals surface area contributed by atoms with Crippen LogP contribution in [-0.4, -0.2) is 64.6 Å². The van der Waals surface area contributed by atoms with Crippen molar-refractivity contribution in [2.24, 2.45) is 0 Å². The first-order valence-corrected chi connectivity index (χ1v) is 10.7. The Kier molecular flexibility index (Phi) is 6.12. The van der Waals surface area contributed by atoms with Crippen LogP contribution < -0.4 is 25.0 Å². The number of hydrogen-bond donors (Lipinski definition) is 2. The zero-order chi connectivity index (χ0) is 23.6. The zero-order valence-electron chi connectivity index (χ0n) is 19.5. The van der Waals surface area contributed by atoms with E-state index >= 15 is 0 Å². The number of hydrogen-bond acceptors (Lipinski definition) is 9. The number of methoxy groups -OCH3 is 2. The molecule has 0 radical (unpaired) electrons. The van der Waals surface area contributed by atoms with Gasteiger partial charge < -0.3 is 29.7 Å². The maximum atomic E-state index is 12.1. The highest BCUT2D eigenvalue weighted by atomic mass is 16.6. The van der Waals surface area contributed by atoms with E-state index in [9.17, 15) is 4.79 Å². The molecule has 0 bridgehead atoms. The van der Waals surface area contributed by atoms with Crippen LogP contribution in [0.3, 0.4) is 0 Å². The number of fused-ring (bicyclic) bond motifs is 1. The van der Waals surface area contributed by atoms with Crippen LogP contribution in [0.2, 0.25) is 0 Å². The van der Waals surface area contributed by atoms with Gasteiger partial charge in [0.05, 0.1) is 25.9 Å². The molecule has 1 saturated heterocycles. The predicted molar refractivity (Wildman–Crippen MR) is 124 cm³/mol. The molecule has 4 rings (SSSR count). The molecular formula is C22H29N7O4. The number of alkyl carbamates (subject to hydrolysis) is 1. The van der Waals surface area contributed by atoms with Crippen LogP contribution in [0.4, 0.5) is 22.1 Å². The maximum Gasteiger partial charge on any atom is 0.407 e. The lowest BCUT2D eigenvalue weighted by atomic mass is 10.2. The minimum Gasteiger partial charge on any atom is -0.491 e. The third kappa shape index (κ3) is 5.18. The molecule has 0 spiro atoms. The van der Waals surface area contributed by atoms with Crippen molar-refractivity contribution in [1.82, 2.24) is 24.9 Å². The summed E-state index contributed by atoms with van der Waals surface area (Å²) in [6.07, 6.45) is 3.87. The first-order chi connectivity index (χ1) is 15.8. The third-order valence-corrected chi connectivity index (χ3v) is 5.08. The number of rotatable bonds is 6. The summed E-state index contributed by atoms with van der Waals surface area (Å²) in [4.78, 5) is 23.1. The molecule has 1 atom stereocenters. The number of anilines is 3. The largest absolute Gasteiger partial charge is 0.491 e. The van der Waals surface area contributed by atoms with E-state index in [4.69, 9.17) is 14.2 Å². The quantitative estimate of drug-likeness (QED) is 0.579. The molecule has 2 N–H and O–H groups in total. The summed E-state index contributed by atoms with van der Waals surface area (Å²) in [5, 5.41) is 10.9. The van der Waals surface area contributed by atoms with Gasteiger partial charge in [-0.05, 0) is 39.3 Å². The number of ether oxygens (including phenoxy) is 3. The smallest absolute Gasteiger partial charge is 0.407 e. The van der Waals surface area contributed by atoms with E-state index < -0.39 is 11.7 Å². The summed E-state index contributed by atoms with van der Waals surface area (Å²) in [6.45, 7) is 6.92. The number of amides is 1. The van der Waals surface area contributed by atoms with Gasteiger partial charge in [0, 0.05) is 31.5 Å². The van der Waals surface area contributed by atoms with Crippen molar-refractivity contribution in [2.45, 2.75) is 38.8 Å². The van der Waals surface area contributed by atoms with Crippen LogP contribution in [0.5, 0.6) is 11.6 Å². The van der Waals surface area contributed by atoms with Crippen molar-refractivity contribution in [2.75, 3.05) is 37.5 Å². The lowest BCUT2D eigenvalue weighted by Gasteiger charge is -2.22. The number of nitrogens with zero attached hydrogens (tertiary/aromatic N) is 5. The summed E-state index contributed by atoms with van der Waals surface area (Å²) in [5.74, 6) is 2.27. The molecule has 1 unspecified atom stereocenters. The lowest BCUT2D eigenvalue weighted by molar-refractivity contribution is 0.0509. The SMILES string of the molecule is COc1ccc(Nc2cc(N3CCC(NC(=O)OC(C)(C)C)C3)nn3ccnc23)nc1OC. The van der Waals surface area contributed by atoms with Crippen molar-refractivity contribution in [1.29, 1.82) is 0 Å². The highest BCUT2D eigenvalue weighted by Crippen LogP contribution is 2.30. The van der Waals surface area contributed by atoms with Crippen molar-refractivity contribution in [3.8, 4) is 11.6 Å². The minimum atomic E-state index is -0.533. The Hall–Kier alpha value is -3.76. The molecule has 1 aliphatic rings. The minimum absolute atomic E-state index is 0.0240. The van der Waals surface area contributed by atoms with Crippen LogP contribution in [0.1, 0.15) is 27.2 Å². The Morgan fingerprint density at radius 3 is 2.76 bits per heavy atom. The second kappa shape index (κ2) is 9.00. The molecule has 3 aromatic heterocycles. The molecule has 1 aliphatic heterocycles. The van der Waals surface area contributed by atoms with E-state index in [1.165, 1.54) is 0 Å². The van der Waals surface area contributed by atoms with E-state index in [1.807, 2.05) is 26.8 Å². The fraction of sp³-hybridized carbons (Fsp3) is 0.455. The molecule has 11 nitrogen and oxygen atoms in total. The van der Waals surface area contributed by atoms with Gasteiger partial charge in [-0.25, -0.2) is 14.3 Å². The Labute approximate surface area is 192 Å². The van der Waals surface area contributed by atoms with Gasteiger partial charge in [-0.15, -0.1) is 5.10 Å². The van der Waals surface area contributed by atoms with Crippen molar-refractivity contribution in [3.05, 3.63) is 30.6 Å². The molecule has 11 heteroatoms. The van der Waals surface area contributed by atoms with Gasteiger partial charge in [0.1, 0.15) is 11.4 Å². The summed E-state index contributed by atoms with van der Waals surface area (Å²) in [7, 11) is 3.11. The molecule has 0 saturated carbocycles. The predicted octanol–water partition coefficient (Wildman–Crippen LogP) is 2.99. The molecule has 4 heterocycles. The Bertz CT molecular complexity index is 1140. The van der Waals surface area contributed by atoms with Gasteiger partial charge in [0.25, 0.3) is 5.88 Å². The zero-order valence-corrected chi connectivity index (χ0v) is 19.5. The van der Waals surface area contributed by atoms with Crippen LogP contribution in [0, 0.1) is 0 Å². The van der Waals surface area contributed by atoms with Gasteiger partial charge >= 0.3 is 6.09 Å². The Balaban J connectivity index is 1.53. The Morgan fingerprint density at radius 2 is 2.03 bits per heavy atom. The number of imidazole rings is 1. The van der Waals surface area contributed by atoms with Gasteiger partial charge in [0.2, 0.25) is 0 Å². The second-order valence-corrected chi connectivity index (χ2v) is 8.72. The molecular weight excluding hydrogens is 426 g/mol. The van der Waals surface area contributed by atoms with E-state index in [0.29, 0.717) is 29.6 Å². The normalized spacial score (nSPS) is 16.0. The fourth-order valence-electron chi connectivity index (χ4n) is 3.65. The number of pyridine rings is 1. The van der Waals surface area contributed by atoms with Gasteiger partial charge in [0.15, 0.2) is 17.2 Å². The monoisotopic (exact) mass is 455 g/mol. The first-order valence-electron chi connectivity index (χ1n) is 10.7. The summed E-state index contributed by atoms with van der Waals surface area (Å²) < 4.78 is 17.7. The molecule has 33 heavy (non-hydrogen) atoms. The van der Waals surface area contributed by atoms with Crippen LogP contribution in [0.25, 0.3) is 5.65 Å². The van der Waals surface area contributed by atoms with Crippen LogP contribution in [0.15, 0.2) is 30.6 Å². The highest BCUT2D eigenvalue weighted by molar-refractivity contribution is 5.75. The molecule has 0 aliphatic carbocycles. The highest BCUT2D eigenvalue weighted by Gasteiger charge is 2.27. The topological polar surface area (TPSA) is 115 Å². The molecule has 176 valence electrons. The maximum absolute atomic E-state index is 12.1. The average Bonchev–Trinajstić information content (AvgIpc) is 3.41. The number of carbonyl (C=O) groups excluding carboxylic acids is 1. The molecule has 0 aromatic carbocycles. The van der Waals surface area contributed by atoms with Gasteiger partial charge in [-0.3, -0.25) is 0 Å². The average molecular weight is 456 g/mol. The van der Waals surface area contributed by atoms with E-state index in [1.54, 1.807) is 43.3 Å². The summed E-state index contributed by atoms with van der Waals surface area (Å²) >= 11 is 0. The lowest BCUT2D eigenvalue weighted by Crippen LogP contribution is -2.40. The van der Waals surface area contributed by atoms with Crippen molar-refractivity contribution in [3.63, 3.8) is 0 Å².